The van der Waals surface area contributed by atoms with Crippen LogP contribution in [0, 0.1) is 0 Å². The van der Waals surface area contributed by atoms with Gasteiger partial charge < -0.3 is 4.42 Å². The van der Waals surface area contributed by atoms with Gasteiger partial charge in [0.2, 0.25) is 0 Å². The Morgan fingerprint density at radius 1 is 1.70 bits per heavy atom. The van der Waals surface area contributed by atoms with E-state index in [4.69, 9.17) is 4.42 Å². The molecule has 0 atom stereocenters. The standard InChI is InChI=1S/C8H11NO/c1-2-3-5-9-8-4-6-10-7-8/h4-7H,2-3H2,1H3. The Morgan fingerprint density at radius 3 is 3.20 bits per heavy atom. The highest BCUT2D eigenvalue weighted by atomic mass is 16.3. The first-order valence-corrected chi connectivity index (χ1v) is 3.48. The van der Waals surface area contributed by atoms with E-state index in [-0.39, 0.29) is 0 Å². The van der Waals surface area contributed by atoms with E-state index in [0.717, 1.165) is 18.5 Å². The first-order valence-electron chi connectivity index (χ1n) is 3.48. The first kappa shape index (κ1) is 7.06. The molecular formula is C8H11NO. The van der Waals surface area contributed by atoms with E-state index < -0.39 is 0 Å². The highest BCUT2D eigenvalue weighted by Gasteiger charge is 1.84. The SMILES string of the molecule is CCCC=Nc1ccoc1. The van der Waals surface area contributed by atoms with Gasteiger partial charge in [0.15, 0.2) is 0 Å². The summed E-state index contributed by atoms with van der Waals surface area (Å²) >= 11 is 0. The van der Waals surface area contributed by atoms with Crippen molar-refractivity contribution in [2.45, 2.75) is 19.8 Å². The maximum Gasteiger partial charge on any atom is 0.116 e. The van der Waals surface area contributed by atoms with Gasteiger partial charge in [0.05, 0.1) is 6.26 Å². The largest absolute Gasteiger partial charge is 0.470 e. The maximum atomic E-state index is 4.83. The molecule has 1 aromatic rings. The second kappa shape index (κ2) is 3.88. The molecule has 1 rings (SSSR count). The molecule has 54 valence electrons. The highest BCUT2D eigenvalue weighted by Crippen LogP contribution is 2.09. The van der Waals surface area contributed by atoms with Crippen LogP contribution in [0.5, 0.6) is 0 Å². The minimum atomic E-state index is 0.897. The van der Waals surface area contributed by atoms with Gasteiger partial charge in [0, 0.05) is 12.3 Å². The molecule has 0 saturated carbocycles. The average molecular weight is 137 g/mol. The van der Waals surface area contributed by atoms with Crippen LogP contribution in [0.25, 0.3) is 0 Å². The summed E-state index contributed by atoms with van der Waals surface area (Å²) < 4.78 is 4.83. The Kier molecular flexibility index (Phi) is 2.74. The second-order valence-corrected chi connectivity index (χ2v) is 2.08. The lowest BCUT2D eigenvalue weighted by atomic mass is 10.4. The summed E-state index contributed by atoms with van der Waals surface area (Å²) in [6.07, 6.45) is 7.34. The number of aliphatic imine (C=N–C) groups is 1. The zero-order valence-corrected chi connectivity index (χ0v) is 6.08. The van der Waals surface area contributed by atoms with Crippen molar-refractivity contribution in [1.29, 1.82) is 0 Å². The lowest BCUT2D eigenvalue weighted by molar-refractivity contribution is 0.568. The average Bonchev–Trinajstić information content (AvgIpc) is 2.41. The van der Waals surface area contributed by atoms with Crippen molar-refractivity contribution in [2.24, 2.45) is 4.99 Å². The van der Waals surface area contributed by atoms with E-state index in [1.807, 2.05) is 12.3 Å². The zero-order valence-electron chi connectivity index (χ0n) is 6.08. The molecule has 0 saturated heterocycles. The van der Waals surface area contributed by atoms with Crippen molar-refractivity contribution in [3.63, 3.8) is 0 Å². The van der Waals surface area contributed by atoms with E-state index in [0.29, 0.717) is 0 Å². The highest BCUT2D eigenvalue weighted by molar-refractivity contribution is 5.62. The van der Waals surface area contributed by atoms with Gasteiger partial charge in [-0.15, -0.1) is 0 Å². The summed E-state index contributed by atoms with van der Waals surface area (Å²) in [6, 6.07) is 1.84. The normalized spacial score (nSPS) is 10.9. The summed E-state index contributed by atoms with van der Waals surface area (Å²) in [6.45, 7) is 2.13. The van der Waals surface area contributed by atoms with Crippen molar-refractivity contribution in [2.75, 3.05) is 0 Å². The summed E-state index contributed by atoms with van der Waals surface area (Å²) in [5.41, 5.74) is 0.897. The molecule has 2 heteroatoms. The molecule has 0 N–H and O–H groups in total. The van der Waals surface area contributed by atoms with Gasteiger partial charge in [0.1, 0.15) is 12.0 Å². The number of rotatable bonds is 3. The summed E-state index contributed by atoms with van der Waals surface area (Å²) in [4.78, 5) is 4.14. The minimum absolute atomic E-state index is 0.897. The van der Waals surface area contributed by atoms with E-state index in [1.54, 1.807) is 12.5 Å². The smallest absolute Gasteiger partial charge is 0.116 e. The van der Waals surface area contributed by atoms with Gasteiger partial charge in [-0.05, 0) is 6.42 Å². The molecule has 1 heterocycles. The van der Waals surface area contributed by atoms with Crippen LogP contribution in [-0.4, -0.2) is 6.21 Å². The van der Waals surface area contributed by atoms with Crippen molar-refractivity contribution >= 4 is 11.9 Å². The van der Waals surface area contributed by atoms with E-state index in [9.17, 15) is 0 Å². The van der Waals surface area contributed by atoms with Gasteiger partial charge in [-0.3, -0.25) is 4.99 Å². The molecule has 1 aromatic heterocycles. The fourth-order valence-corrected chi connectivity index (χ4v) is 0.630. The predicted octanol–water partition coefficient (Wildman–Crippen LogP) is 2.78. The third-order valence-electron chi connectivity index (χ3n) is 1.16. The second-order valence-electron chi connectivity index (χ2n) is 2.08. The molecule has 0 spiro atoms. The molecule has 0 aromatic carbocycles. The fourth-order valence-electron chi connectivity index (χ4n) is 0.630. The third-order valence-corrected chi connectivity index (χ3v) is 1.16. The molecule has 0 bridgehead atoms. The Hall–Kier alpha value is -1.05. The summed E-state index contributed by atoms with van der Waals surface area (Å²) in [5.74, 6) is 0. The minimum Gasteiger partial charge on any atom is -0.470 e. The van der Waals surface area contributed by atoms with Crippen LogP contribution in [0.3, 0.4) is 0 Å². The van der Waals surface area contributed by atoms with Crippen LogP contribution in [0.2, 0.25) is 0 Å². The Labute approximate surface area is 60.6 Å². The number of furan rings is 1. The molecule has 10 heavy (non-hydrogen) atoms. The lowest BCUT2D eigenvalue weighted by Gasteiger charge is -1.82. The third kappa shape index (κ3) is 2.05. The van der Waals surface area contributed by atoms with Gasteiger partial charge >= 0.3 is 0 Å². The quantitative estimate of drug-likeness (QED) is 0.588. The number of hydrogen-bond donors (Lipinski definition) is 0. The van der Waals surface area contributed by atoms with Crippen LogP contribution in [0.15, 0.2) is 28.0 Å². The summed E-state index contributed by atoms with van der Waals surface area (Å²) in [5, 5.41) is 0. The van der Waals surface area contributed by atoms with Gasteiger partial charge in [-0.2, -0.15) is 0 Å². The van der Waals surface area contributed by atoms with E-state index >= 15 is 0 Å². The molecule has 0 unspecified atom stereocenters. The molecule has 0 fully saturated rings. The van der Waals surface area contributed by atoms with Gasteiger partial charge in [-0.25, -0.2) is 0 Å². The van der Waals surface area contributed by atoms with Crippen LogP contribution in [0.1, 0.15) is 19.8 Å². The van der Waals surface area contributed by atoms with Crippen molar-refractivity contribution in [3.05, 3.63) is 18.6 Å². The monoisotopic (exact) mass is 137 g/mol. The summed E-state index contributed by atoms with van der Waals surface area (Å²) in [7, 11) is 0. The van der Waals surface area contributed by atoms with Crippen molar-refractivity contribution < 1.29 is 4.42 Å². The predicted molar refractivity (Wildman–Crippen MR) is 41.8 cm³/mol. The van der Waals surface area contributed by atoms with Crippen LogP contribution >= 0.6 is 0 Å². The maximum absolute atomic E-state index is 4.83. The number of nitrogens with zero attached hydrogens (tertiary/aromatic N) is 1. The zero-order chi connectivity index (χ0) is 7.23. The molecule has 0 aliphatic rings. The molecule has 0 aliphatic heterocycles. The van der Waals surface area contributed by atoms with Crippen LogP contribution < -0.4 is 0 Å². The van der Waals surface area contributed by atoms with Crippen LogP contribution in [-0.2, 0) is 0 Å². The number of unbranched alkanes of at least 4 members (excludes halogenated alkanes) is 1. The fraction of sp³-hybridized carbons (Fsp3) is 0.375. The molecule has 0 amide bonds. The first-order chi connectivity index (χ1) is 4.93. The van der Waals surface area contributed by atoms with E-state index in [2.05, 4.69) is 11.9 Å². The number of hydrogen-bond acceptors (Lipinski definition) is 2. The molecular weight excluding hydrogens is 126 g/mol. The Morgan fingerprint density at radius 2 is 2.60 bits per heavy atom. The van der Waals surface area contributed by atoms with Gasteiger partial charge in [0.25, 0.3) is 0 Å². The van der Waals surface area contributed by atoms with Crippen molar-refractivity contribution in [1.82, 2.24) is 0 Å². The lowest BCUT2D eigenvalue weighted by Crippen LogP contribution is -1.68. The topological polar surface area (TPSA) is 25.5 Å². The Bertz CT molecular complexity index is 189. The molecule has 0 aliphatic carbocycles. The van der Waals surface area contributed by atoms with Crippen LogP contribution in [0.4, 0.5) is 5.69 Å². The van der Waals surface area contributed by atoms with Gasteiger partial charge in [-0.1, -0.05) is 13.3 Å². The molecule has 2 nitrogen and oxygen atoms in total. The Balaban J connectivity index is 2.40. The van der Waals surface area contributed by atoms with Crippen molar-refractivity contribution in [3.8, 4) is 0 Å². The molecule has 0 radical (unpaired) electrons. The van der Waals surface area contributed by atoms with E-state index in [1.165, 1.54) is 0 Å².